The molecule has 0 bridgehead atoms. The lowest BCUT2D eigenvalue weighted by atomic mass is 10.00. The minimum atomic E-state index is 0.551. The number of likely N-dealkylation sites (tertiary alicyclic amines) is 1. The maximum Gasteiger partial charge on any atom is 0.0575 e. The van der Waals surface area contributed by atoms with Gasteiger partial charge in [-0.1, -0.05) is 26.3 Å². The average molecular weight is 206 g/mol. The van der Waals surface area contributed by atoms with Crippen molar-refractivity contribution < 1.29 is 0 Å². The highest BCUT2D eigenvalue weighted by Crippen LogP contribution is 2.27. The van der Waals surface area contributed by atoms with Crippen LogP contribution in [-0.2, 0) is 0 Å². The molecule has 84 valence electrons. The first-order valence-corrected chi connectivity index (χ1v) is 5.99. The summed E-state index contributed by atoms with van der Waals surface area (Å²) in [7, 11) is 2.19. The molecule has 1 aliphatic heterocycles. The normalized spacial score (nSPS) is 21.7. The van der Waals surface area contributed by atoms with Crippen LogP contribution in [0.15, 0.2) is 24.4 Å². The molecule has 2 rings (SSSR count). The second kappa shape index (κ2) is 6.57. The van der Waals surface area contributed by atoms with Gasteiger partial charge < -0.3 is 0 Å². The molecule has 0 N–H and O–H groups in total. The first kappa shape index (κ1) is 12.2. The fourth-order valence-corrected chi connectivity index (χ4v) is 2.02. The molecular formula is C13H22N2. The largest absolute Gasteiger partial charge is 0.298 e. The number of piperidine rings is 1. The van der Waals surface area contributed by atoms with Gasteiger partial charge in [0.15, 0.2) is 0 Å². The number of pyridine rings is 1. The van der Waals surface area contributed by atoms with Crippen LogP contribution in [0.5, 0.6) is 0 Å². The molecule has 1 aromatic heterocycles. The molecule has 1 aliphatic rings. The molecule has 2 heterocycles. The molecule has 2 heteroatoms. The zero-order chi connectivity index (χ0) is 11.1. The van der Waals surface area contributed by atoms with Crippen molar-refractivity contribution in [1.82, 2.24) is 9.88 Å². The molecule has 0 spiro atoms. The van der Waals surface area contributed by atoms with Gasteiger partial charge in [-0.15, -0.1) is 0 Å². The first-order chi connectivity index (χ1) is 7.38. The number of nitrogens with zero attached hydrogens (tertiary/aromatic N) is 2. The van der Waals surface area contributed by atoms with E-state index in [2.05, 4.69) is 29.1 Å². The van der Waals surface area contributed by atoms with Crippen molar-refractivity contribution >= 4 is 0 Å². The van der Waals surface area contributed by atoms with Crippen molar-refractivity contribution in [1.29, 1.82) is 0 Å². The molecular weight excluding hydrogens is 184 g/mol. The third kappa shape index (κ3) is 3.31. The van der Waals surface area contributed by atoms with Crippen molar-refractivity contribution in [2.45, 2.75) is 39.2 Å². The Bertz CT molecular complexity index is 258. The van der Waals surface area contributed by atoms with Crippen LogP contribution in [0.4, 0.5) is 0 Å². The predicted octanol–water partition coefficient (Wildman–Crippen LogP) is 3.26. The summed E-state index contributed by atoms with van der Waals surface area (Å²) in [6, 6.07) is 6.73. The van der Waals surface area contributed by atoms with Gasteiger partial charge in [-0.25, -0.2) is 0 Å². The Morgan fingerprint density at radius 2 is 2.07 bits per heavy atom. The number of rotatable bonds is 1. The fraction of sp³-hybridized carbons (Fsp3) is 0.615. The summed E-state index contributed by atoms with van der Waals surface area (Å²) < 4.78 is 0. The van der Waals surface area contributed by atoms with Crippen LogP contribution in [0.25, 0.3) is 0 Å². The van der Waals surface area contributed by atoms with Crippen molar-refractivity contribution in [3.8, 4) is 0 Å². The minimum Gasteiger partial charge on any atom is -0.298 e. The molecule has 15 heavy (non-hydrogen) atoms. The van der Waals surface area contributed by atoms with Gasteiger partial charge in [0.2, 0.25) is 0 Å². The van der Waals surface area contributed by atoms with Gasteiger partial charge in [0.1, 0.15) is 0 Å². The summed E-state index contributed by atoms with van der Waals surface area (Å²) in [6.45, 7) is 5.21. The molecule has 1 fully saturated rings. The molecule has 1 atom stereocenters. The summed E-state index contributed by atoms with van der Waals surface area (Å²) in [4.78, 5) is 6.82. The summed E-state index contributed by atoms with van der Waals surface area (Å²) in [6.07, 6.45) is 5.82. The van der Waals surface area contributed by atoms with E-state index in [-0.39, 0.29) is 0 Å². The van der Waals surface area contributed by atoms with Crippen LogP contribution < -0.4 is 0 Å². The first-order valence-electron chi connectivity index (χ1n) is 5.99. The topological polar surface area (TPSA) is 16.1 Å². The Morgan fingerprint density at radius 1 is 1.27 bits per heavy atom. The van der Waals surface area contributed by atoms with E-state index in [4.69, 9.17) is 0 Å². The number of hydrogen-bond acceptors (Lipinski definition) is 2. The zero-order valence-electron chi connectivity index (χ0n) is 10.1. The van der Waals surface area contributed by atoms with Gasteiger partial charge in [-0.05, 0) is 38.6 Å². The van der Waals surface area contributed by atoms with Gasteiger partial charge in [0.25, 0.3) is 0 Å². The third-order valence-electron chi connectivity index (χ3n) is 2.80. The Hall–Kier alpha value is -0.890. The van der Waals surface area contributed by atoms with E-state index in [1.807, 2.05) is 26.1 Å². The second-order valence-electron chi connectivity index (χ2n) is 3.75. The molecule has 2 nitrogen and oxygen atoms in total. The highest BCUT2D eigenvalue weighted by atomic mass is 15.1. The summed E-state index contributed by atoms with van der Waals surface area (Å²) in [5.74, 6) is 0. The van der Waals surface area contributed by atoms with E-state index in [9.17, 15) is 0 Å². The van der Waals surface area contributed by atoms with Gasteiger partial charge in [0.05, 0.1) is 11.7 Å². The molecule has 0 amide bonds. The number of hydrogen-bond donors (Lipinski definition) is 0. The SMILES string of the molecule is CC.CN1CCCCC1c1ccccn1. The second-order valence-corrected chi connectivity index (χ2v) is 3.75. The van der Waals surface area contributed by atoms with E-state index < -0.39 is 0 Å². The maximum absolute atomic E-state index is 4.41. The van der Waals surface area contributed by atoms with E-state index in [0.717, 1.165) is 0 Å². The summed E-state index contributed by atoms with van der Waals surface area (Å²) >= 11 is 0. The average Bonchev–Trinajstić information content (AvgIpc) is 2.33. The van der Waals surface area contributed by atoms with E-state index in [1.54, 1.807) is 0 Å². The third-order valence-corrected chi connectivity index (χ3v) is 2.80. The summed E-state index contributed by atoms with van der Waals surface area (Å²) in [5.41, 5.74) is 1.23. The Labute approximate surface area is 93.3 Å². The lowest BCUT2D eigenvalue weighted by Gasteiger charge is -2.31. The van der Waals surface area contributed by atoms with Gasteiger partial charge in [-0.3, -0.25) is 9.88 Å². The minimum absolute atomic E-state index is 0.551. The number of aromatic nitrogens is 1. The highest BCUT2D eigenvalue weighted by Gasteiger charge is 2.20. The fourth-order valence-electron chi connectivity index (χ4n) is 2.02. The van der Waals surface area contributed by atoms with Gasteiger partial charge in [-0.2, -0.15) is 0 Å². The van der Waals surface area contributed by atoms with Crippen molar-refractivity contribution in [2.24, 2.45) is 0 Å². The maximum atomic E-state index is 4.41. The zero-order valence-corrected chi connectivity index (χ0v) is 10.1. The standard InChI is InChI=1S/C11H16N2.C2H6/c1-13-9-5-3-7-11(13)10-6-2-4-8-12-10;1-2/h2,4,6,8,11H,3,5,7,9H2,1H3;1-2H3. The monoisotopic (exact) mass is 206 g/mol. The molecule has 1 saturated heterocycles. The Morgan fingerprint density at radius 3 is 2.67 bits per heavy atom. The quantitative estimate of drug-likeness (QED) is 0.701. The molecule has 0 saturated carbocycles. The smallest absolute Gasteiger partial charge is 0.0575 e. The highest BCUT2D eigenvalue weighted by molar-refractivity contribution is 5.09. The van der Waals surface area contributed by atoms with E-state index >= 15 is 0 Å². The predicted molar refractivity (Wildman–Crippen MR) is 64.8 cm³/mol. The van der Waals surface area contributed by atoms with E-state index in [1.165, 1.54) is 31.5 Å². The van der Waals surface area contributed by atoms with Crippen molar-refractivity contribution in [3.63, 3.8) is 0 Å². The van der Waals surface area contributed by atoms with Gasteiger partial charge in [0, 0.05) is 6.20 Å². The van der Waals surface area contributed by atoms with Crippen LogP contribution in [0.2, 0.25) is 0 Å². The molecule has 0 aromatic carbocycles. The molecule has 1 aromatic rings. The van der Waals surface area contributed by atoms with Crippen LogP contribution in [0.1, 0.15) is 44.8 Å². The Kier molecular flexibility index (Phi) is 5.33. The lowest BCUT2D eigenvalue weighted by Crippen LogP contribution is -2.30. The lowest BCUT2D eigenvalue weighted by molar-refractivity contribution is 0.183. The molecule has 1 unspecified atom stereocenters. The van der Waals surface area contributed by atoms with Crippen LogP contribution in [-0.4, -0.2) is 23.5 Å². The van der Waals surface area contributed by atoms with E-state index in [0.29, 0.717) is 6.04 Å². The van der Waals surface area contributed by atoms with Crippen LogP contribution >= 0.6 is 0 Å². The molecule has 0 aliphatic carbocycles. The Balaban J connectivity index is 0.000000531. The van der Waals surface area contributed by atoms with Crippen molar-refractivity contribution in [2.75, 3.05) is 13.6 Å². The summed E-state index contributed by atoms with van der Waals surface area (Å²) in [5, 5.41) is 0. The van der Waals surface area contributed by atoms with Crippen LogP contribution in [0.3, 0.4) is 0 Å². The van der Waals surface area contributed by atoms with Gasteiger partial charge >= 0.3 is 0 Å². The molecule has 0 radical (unpaired) electrons. The van der Waals surface area contributed by atoms with Crippen molar-refractivity contribution in [3.05, 3.63) is 30.1 Å². The van der Waals surface area contributed by atoms with Crippen LogP contribution in [0, 0.1) is 0 Å².